The molecule has 5 rings (SSSR count). The third kappa shape index (κ3) is 2.82. The zero-order valence-corrected chi connectivity index (χ0v) is 17.4. The van der Waals surface area contributed by atoms with Crippen molar-refractivity contribution in [3.05, 3.63) is 59.4 Å². The number of ether oxygens (including phenoxy) is 1. The highest BCUT2D eigenvalue weighted by molar-refractivity contribution is 5.72. The van der Waals surface area contributed by atoms with Gasteiger partial charge in [0.15, 0.2) is 11.0 Å². The molecule has 0 saturated heterocycles. The van der Waals surface area contributed by atoms with Crippen LogP contribution in [0.4, 0.5) is 0 Å². The summed E-state index contributed by atoms with van der Waals surface area (Å²) >= 11 is 0. The molecular formula is C22H25IN2O. The molecule has 2 aromatic carbocycles. The minimum atomic E-state index is 0. The van der Waals surface area contributed by atoms with Gasteiger partial charge < -0.3 is 28.7 Å². The SMILES string of the molecule is CCCC[n+]1cn(C2CCc3cc4c(cc32)OCC4)c2ccccc21.[I-]. The second-order valence-corrected chi connectivity index (χ2v) is 7.37. The third-order valence-electron chi connectivity index (χ3n) is 5.82. The predicted molar refractivity (Wildman–Crippen MR) is 99.1 cm³/mol. The summed E-state index contributed by atoms with van der Waals surface area (Å²) in [6, 6.07) is 14.0. The van der Waals surface area contributed by atoms with E-state index >= 15 is 0 Å². The van der Waals surface area contributed by atoms with Gasteiger partial charge in [-0.05, 0) is 48.6 Å². The third-order valence-corrected chi connectivity index (χ3v) is 5.82. The molecule has 0 N–H and O–H groups in total. The number of unbranched alkanes of at least 4 members (excludes halogenated alkanes) is 1. The Morgan fingerprint density at radius 1 is 1.15 bits per heavy atom. The van der Waals surface area contributed by atoms with Crippen molar-refractivity contribution >= 4 is 11.0 Å². The maximum Gasteiger partial charge on any atom is 0.245 e. The Balaban J connectivity index is 0.00000168. The lowest BCUT2D eigenvalue weighted by Crippen LogP contribution is -3.00. The summed E-state index contributed by atoms with van der Waals surface area (Å²) in [6.45, 7) is 4.19. The van der Waals surface area contributed by atoms with Crippen molar-refractivity contribution in [2.24, 2.45) is 0 Å². The van der Waals surface area contributed by atoms with Gasteiger partial charge in [-0.15, -0.1) is 0 Å². The van der Waals surface area contributed by atoms with E-state index in [4.69, 9.17) is 4.74 Å². The Morgan fingerprint density at radius 3 is 2.92 bits per heavy atom. The van der Waals surface area contributed by atoms with Crippen LogP contribution in [0.1, 0.15) is 48.9 Å². The van der Waals surface area contributed by atoms with Crippen LogP contribution in [0.2, 0.25) is 0 Å². The zero-order valence-electron chi connectivity index (χ0n) is 15.2. The van der Waals surface area contributed by atoms with Crippen molar-refractivity contribution in [3.8, 4) is 5.75 Å². The molecule has 4 heteroatoms. The van der Waals surface area contributed by atoms with Crippen molar-refractivity contribution in [2.75, 3.05) is 6.61 Å². The summed E-state index contributed by atoms with van der Waals surface area (Å²) in [4.78, 5) is 0. The number of nitrogens with zero attached hydrogens (tertiary/aromatic N) is 2. The van der Waals surface area contributed by atoms with Crippen LogP contribution in [0, 0.1) is 0 Å². The lowest BCUT2D eigenvalue weighted by Gasteiger charge is -2.10. The van der Waals surface area contributed by atoms with Gasteiger partial charge in [-0.2, -0.15) is 0 Å². The predicted octanol–water partition coefficient (Wildman–Crippen LogP) is 1.20. The zero-order chi connectivity index (χ0) is 16.8. The molecule has 2 heterocycles. The molecule has 3 nitrogen and oxygen atoms in total. The van der Waals surface area contributed by atoms with Crippen molar-refractivity contribution in [1.82, 2.24) is 4.57 Å². The molecule has 2 aliphatic rings. The molecule has 1 atom stereocenters. The maximum atomic E-state index is 5.84. The second-order valence-electron chi connectivity index (χ2n) is 7.37. The highest BCUT2D eigenvalue weighted by Gasteiger charge is 2.32. The number of hydrogen-bond donors (Lipinski definition) is 0. The van der Waals surface area contributed by atoms with Crippen LogP contribution < -0.4 is 33.3 Å². The summed E-state index contributed by atoms with van der Waals surface area (Å²) in [7, 11) is 0. The molecule has 0 bridgehead atoms. The van der Waals surface area contributed by atoms with Gasteiger partial charge in [-0.25, -0.2) is 9.13 Å². The van der Waals surface area contributed by atoms with Crippen molar-refractivity contribution in [3.63, 3.8) is 0 Å². The largest absolute Gasteiger partial charge is 1.00 e. The summed E-state index contributed by atoms with van der Waals surface area (Å²) in [5.74, 6) is 1.11. The van der Waals surface area contributed by atoms with Crippen LogP contribution in [0.3, 0.4) is 0 Å². The van der Waals surface area contributed by atoms with Crippen molar-refractivity contribution in [1.29, 1.82) is 0 Å². The Hall–Kier alpha value is -1.56. The van der Waals surface area contributed by atoms with E-state index in [-0.39, 0.29) is 24.0 Å². The van der Waals surface area contributed by atoms with Gasteiger partial charge >= 0.3 is 0 Å². The Bertz CT molecular complexity index is 947. The first-order valence-corrected chi connectivity index (χ1v) is 9.62. The molecule has 0 fully saturated rings. The average Bonchev–Trinajstić information content (AvgIpc) is 3.34. The monoisotopic (exact) mass is 460 g/mol. The van der Waals surface area contributed by atoms with Crippen LogP contribution >= 0.6 is 0 Å². The number of para-hydroxylation sites is 2. The van der Waals surface area contributed by atoms with Crippen LogP contribution in [-0.2, 0) is 19.4 Å². The Kier molecular flexibility index (Phi) is 4.95. The Morgan fingerprint density at radius 2 is 2.04 bits per heavy atom. The molecule has 3 aromatic rings. The van der Waals surface area contributed by atoms with E-state index in [1.54, 1.807) is 0 Å². The van der Waals surface area contributed by atoms with Crippen molar-refractivity contribution in [2.45, 2.75) is 51.6 Å². The van der Waals surface area contributed by atoms with E-state index in [1.165, 1.54) is 53.4 Å². The lowest BCUT2D eigenvalue weighted by atomic mass is 10.0. The number of halogens is 1. The molecule has 0 saturated carbocycles. The van der Waals surface area contributed by atoms with Gasteiger partial charge in [0.1, 0.15) is 11.8 Å². The number of imidazole rings is 1. The van der Waals surface area contributed by atoms with E-state index < -0.39 is 0 Å². The highest BCUT2D eigenvalue weighted by Crippen LogP contribution is 2.40. The van der Waals surface area contributed by atoms with E-state index in [2.05, 4.69) is 58.8 Å². The van der Waals surface area contributed by atoms with Crippen LogP contribution in [0.5, 0.6) is 5.75 Å². The quantitative estimate of drug-likeness (QED) is 0.423. The first-order chi connectivity index (χ1) is 12.3. The fraction of sp³-hybridized carbons (Fsp3) is 0.409. The molecule has 1 aliphatic carbocycles. The topological polar surface area (TPSA) is 18.0 Å². The molecule has 1 aromatic heterocycles. The number of fused-ring (bicyclic) bond motifs is 3. The molecule has 136 valence electrons. The highest BCUT2D eigenvalue weighted by atomic mass is 127. The average molecular weight is 460 g/mol. The molecule has 0 amide bonds. The minimum Gasteiger partial charge on any atom is -1.00 e. The van der Waals surface area contributed by atoms with Crippen LogP contribution in [0.25, 0.3) is 11.0 Å². The van der Waals surface area contributed by atoms with E-state index in [1.807, 2.05) is 0 Å². The van der Waals surface area contributed by atoms with Gasteiger partial charge in [0.25, 0.3) is 0 Å². The van der Waals surface area contributed by atoms with Gasteiger partial charge in [-0.3, -0.25) is 0 Å². The minimum absolute atomic E-state index is 0. The molecule has 1 unspecified atom stereocenters. The van der Waals surface area contributed by atoms with E-state index in [0.717, 1.165) is 25.3 Å². The van der Waals surface area contributed by atoms with Crippen molar-refractivity contribution < 1.29 is 33.3 Å². The molecule has 0 radical (unpaired) electrons. The van der Waals surface area contributed by atoms with Gasteiger partial charge in [0, 0.05) is 12.0 Å². The second kappa shape index (κ2) is 7.22. The van der Waals surface area contributed by atoms with Crippen LogP contribution in [-0.4, -0.2) is 11.2 Å². The number of rotatable bonds is 4. The fourth-order valence-corrected chi connectivity index (χ4v) is 4.51. The smallest absolute Gasteiger partial charge is 0.245 e. The molecular weight excluding hydrogens is 435 g/mol. The van der Waals surface area contributed by atoms with Gasteiger partial charge in [-0.1, -0.05) is 31.5 Å². The van der Waals surface area contributed by atoms with E-state index in [0.29, 0.717) is 6.04 Å². The van der Waals surface area contributed by atoms with Gasteiger partial charge in [0.05, 0.1) is 13.2 Å². The molecule has 0 spiro atoms. The Labute approximate surface area is 172 Å². The summed E-state index contributed by atoms with van der Waals surface area (Å²) in [6.07, 6.45) is 8.22. The first-order valence-electron chi connectivity index (χ1n) is 9.62. The lowest BCUT2D eigenvalue weighted by molar-refractivity contribution is -0.672. The normalized spacial score (nSPS) is 17.7. The number of benzene rings is 2. The van der Waals surface area contributed by atoms with Crippen LogP contribution in [0.15, 0.2) is 42.7 Å². The molecule has 1 aliphatic heterocycles. The molecule has 26 heavy (non-hydrogen) atoms. The van der Waals surface area contributed by atoms with Gasteiger partial charge in [0.2, 0.25) is 6.33 Å². The standard InChI is InChI=1S/C22H25N2O.HI/c1-2-3-11-23-15-24(21-7-5-4-6-20(21)23)19-9-8-16-13-17-10-12-25-22(17)14-18(16)19;/h4-7,13-15,19H,2-3,8-12H2,1H3;1H/q+1;/p-1. The summed E-state index contributed by atoms with van der Waals surface area (Å²) in [5.41, 5.74) is 7.07. The summed E-state index contributed by atoms with van der Waals surface area (Å²) < 4.78 is 10.8. The number of aryl methyl sites for hydroxylation is 2. The first kappa shape index (κ1) is 17.8. The fourth-order valence-electron chi connectivity index (χ4n) is 4.51. The van der Waals surface area contributed by atoms with E-state index in [9.17, 15) is 0 Å². The number of hydrogen-bond acceptors (Lipinski definition) is 1. The number of aromatic nitrogens is 2. The maximum absolute atomic E-state index is 5.84. The summed E-state index contributed by atoms with van der Waals surface area (Å²) in [5, 5.41) is 0.